The van der Waals surface area contributed by atoms with Crippen molar-refractivity contribution in [1.29, 1.82) is 0 Å². The molecule has 0 amide bonds. The van der Waals surface area contributed by atoms with Gasteiger partial charge in [0.2, 0.25) is 11.8 Å². The molecule has 4 aromatic carbocycles. The fourth-order valence-corrected chi connectivity index (χ4v) is 9.07. The van der Waals surface area contributed by atoms with Gasteiger partial charge in [0.25, 0.3) is 0 Å². The molecule has 0 bridgehead atoms. The molecule has 12 heteroatoms. The van der Waals surface area contributed by atoms with Crippen molar-refractivity contribution in [1.82, 2.24) is 29.1 Å². The van der Waals surface area contributed by atoms with Gasteiger partial charge in [0.1, 0.15) is 22.4 Å². The number of nitrogens with one attached hydrogen (secondary N) is 2. The van der Waals surface area contributed by atoms with Crippen LogP contribution in [0.15, 0.2) is 137 Å². The first-order chi connectivity index (χ1) is 32.9. The van der Waals surface area contributed by atoms with Crippen LogP contribution in [0, 0.1) is 41.5 Å². The molecule has 68 heavy (non-hydrogen) atoms. The quantitative estimate of drug-likeness (QED) is 0.122. The van der Waals surface area contributed by atoms with Crippen molar-refractivity contribution in [2.45, 2.75) is 54.9 Å². The predicted octanol–water partition coefficient (Wildman–Crippen LogP) is 11.5. The van der Waals surface area contributed by atoms with Crippen LogP contribution in [0.5, 0.6) is 11.8 Å². The first kappa shape index (κ1) is 43.5. The van der Waals surface area contributed by atoms with Gasteiger partial charge in [-0.3, -0.25) is 28.7 Å². The van der Waals surface area contributed by atoms with Crippen molar-refractivity contribution in [2.24, 2.45) is 0 Å². The Morgan fingerprint density at radius 1 is 0.574 bits per heavy atom. The average molecular weight is 899 g/mol. The minimum absolute atomic E-state index is 0.194. The maximum absolute atomic E-state index is 14.2. The van der Waals surface area contributed by atoms with Crippen LogP contribution in [-0.2, 0) is 6.42 Å². The monoisotopic (exact) mass is 898 g/mol. The summed E-state index contributed by atoms with van der Waals surface area (Å²) in [6.07, 6.45) is 4.09. The lowest BCUT2D eigenvalue weighted by atomic mass is 10.1. The van der Waals surface area contributed by atoms with Gasteiger partial charge in [-0.1, -0.05) is 59.7 Å². The highest BCUT2D eigenvalue weighted by Gasteiger charge is 2.21. The molecule has 10 aromatic rings. The predicted molar refractivity (Wildman–Crippen MR) is 274 cm³/mol. The first-order valence-electron chi connectivity index (χ1n) is 22.7. The fraction of sp³-hybridized carbons (Fsp3) is 0.179. The van der Waals surface area contributed by atoms with Crippen molar-refractivity contribution in [3.05, 3.63) is 187 Å². The molecule has 0 radical (unpaired) electrons. The summed E-state index contributed by atoms with van der Waals surface area (Å²) >= 11 is 0. The summed E-state index contributed by atoms with van der Waals surface area (Å²) < 4.78 is 16.5. The van der Waals surface area contributed by atoms with E-state index in [9.17, 15) is 9.59 Å². The summed E-state index contributed by atoms with van der Waals surface area (Å²) in [5.74, 6) is 1.74. The van der Waals surface area contributed by atoms with Gasteiger partial charge in [0, 0.05) is 46.4 Å². The van der Waals surface area contributed by atoms with Gasteiger partial charge < -0.3 is 20.1 Å². The fourth-order valence-electron chi connectivity index (χ4n) is 9.07. The number of aryl methyl sites for hydroxylation is 6. The van der Waals surface area contributed by atoms with Gasteiger partial charge in [-0.15, -0.1) is 0 Å². The molecular weight excluding hydrogens is 849 g/mol. The summed E-state index contributed by atoms with van der Waals surface area (Å²) in [5, 5.41) is 9.70. The number of anilines is 4. The second kappa shape index (κ2) is 17.8. The molecular formula is C56H50N8O4. The number of para-hydroxylation sites is 1. The molecule has 6 heterocycles. The normalized spacial score (nSPS) is 11.5. The Morgan fingerprint density at radius 2 is 1.22 bits per heavy atom. The number of fused-ring (bicyclic) bond motifs is 4. The second-order valence-electron chi connectivity index (χ2n) is 17.4. The number of rotatable bonds is 12. The van der Waals surface area contributed by atoms with Crippen molar-refractivity contribution in [2.75, 3.05) is 23.8 Å². The average Bonchev–Trinajstić information content (AvgIpc) is 3.30. The number of nitrogens with zero attached hydrogens (tertiary/aromatic N) is 6. The molecule has 0 aliphatic carbocycles. The van der Waals surface area contributed by atoms with E-state index in [2.05, 4.69) is 95.3 Å². The Hall–Kier alpha value is -8.38. The van der Waals surface area contributed by atoms with Crippen molar-refractivity contribution in [3.63, 3.8) is 0 Å². The van der Waals surface area contributed by atoms with E-state index in [0.717, 1.165) is 78.1 Å². The van der Waals surface area contributed by atoms with Crippen LogP contribution in [0.3, 0.4) is 0 Å². The lowest BCUT2D eigenvalue weighted by Gasteiger charge is -2.22. The van der Waals surface area contributed by atoms with Gasteiger partial charge in [0.05, 0.1) is 64.7 Å². The SMILES string of the molecule is CCOc1nc(C)cc2c1c(=O)cc(Nc1cnc3ccccc3c1)n2-c1cnc2ccc(CCOc3nc(C)cc4c3c(=O)cc(Nc3ccc(C)cc3C)n4-c3ccc(C)cc3C)cc2c1. The molecule has 12 nitrogen and oxygen atoms in total. The summed E-state index contributed by atoms with van der Waals surface area (Å²) in [6, 6.07) is 37.7. The lowest BCUT2D eigenvalue weighted by molar-refractivity contribution is 0.313. The number of hydrogen-bond acceptors (Lipinski definition) is 10. The highest BCUT2D eigenvalue weighted by Crippen LogP contribution is 2.34. The minimum Gasteiger partial charge on any atom is -0.477 e. The Balaban J connectivity index is 1.01. The Labute approximate surface area is 392 Å². The Bertz CT molecular complexity index is 3770. The molecule has 0 fully saturated rings. The van der Waals surface area contributed by atoms with Gasteiger partial charge in [-0.05, 0) is 120 Å². The highest BCUT2D eigenvalue weighted by atomic mass is 16.5. The third-order valence-corrected chi connectivity index (χ3v) is 12.2. The van der Waals surface area contributed by atoms with E-state index in [1.807, 2.05) is 86.0 Å². The topological polar surface area (TPSA) is 138 Å². The van der Waals surface area contributed by atoms with Gasteiger partial charge in [-0.25, -0.2) is 9.97 Å². The minimum atomic E-state index is -0.228. The molecule has 0 atom stereocenters. The van der Waals surface area contributed by atoms with Crippen molar-refractivity contribution < 1.29 is 9.47 Å². The Kier molecular flexibility index (Phi) is 11.4. The second-order valence-corrected chi connectivity index (χ2v) is 17.4. The molecule has 338 valence electrons. The zero-order valence-electron chi connectivity index (χ0n) is 39.1. The summed E-state index contributed by atoms with van der Waals surface area (Å²) in [7, 11) is 0. The van der Waals surface area contributed by atoms with E-state index >= 15 is 0 Å². The van der Waals surface area contributed by atoms with E-state index < -0.39 is 0 Å². The van der Waals surface area contributed by atoms with Crippen molar-refractivity contribution in [3.8, 4) is 23.1 Å². The van der Waals surface area contributed by atoms with E-state index in [1.165, 1.54) is 0 Å². The zero-order valence-corrected chi connectivity index (χ0v) is 39.1. The molecule has 0 aliphatic rings. The maximum atomic E-state index is 14.2. The summed E-state index contributed by atoms with van der Waals surface area (Å²) in [4.78, 5) is 47.1. The van der Waals surface area contributed by atoms with Crippen molar-refractivity contribution >= 4 is 66.6 Å². The standard InChI is InChI=1S/C56H50N8O4/c1-8-67-55-53-47(23-36(6)59-55)63(51(28-49(53)65)61-41-26-39-11-9-10-12-44(39)57-30-41)42-27-40-25-38(15-17-45(40)58-31-42)19-20-68-56-54-48(24-37(7)60-56)64(46-18-14-33(3)22-35(46)5)52(29-50(54)66)62-43-16-13-32(2)21-34(43)4/h9-18,21-31,61-62H,8,19-20H2,1-7H3. The van der Waals surface area contributed by atoms with Crippen LogP contribution in [0.1, 0.15) is 46.1 Å². The lowest BCUT2D eigenvalue weighted by Crippen LogP contribution is -2.16. The summed E-state index contributed by atoms with van der Waals surface area (Å²) in [5.41, 5.74) is 12.7. The third-order valence-electron chi connectivity index (χ3n) is 12.2. The Morgan fingerprint density at radius 3 is 1.94 bits per heavy atom. The smallest absolute Gasteiger partial charge is 0.227 e. The number of hydrogen-bond donors (Lipinski definition) is 2. The van der Waals surface area contributed by atoms with Crippen LogP contribution in [0.25, 0.3) is 55.0 Å². The zero-order chi connectivity index (χ0) is 47.2. The molecule has 0 saturated carbocycles. The first-order valence-corrected chi connectivity index (χ1v) is 22.7. The number of benzene rings is 4. The van der Waals surface area contributed by atoms with Crippen LogP contribution in [0.4, 0.5) is 23.0 Å². The van der Waals surface area contributed by atoms with E-state index in [4.69, 9.17) is 19.4 Å². The molecule has 6 aromatic heterocycles. The van der Waals surface area contributed by atoms with Gasteiger partial charge in [-0.2, -0.15) is 0 Å². The molecule has 0 saturated heterocycles. The molecule has 10 rings (SSSR count). The van der Waals surface area contributed by atoms with Gasteiger partial charge in [0.15, 0.2) is 10.9 Å². The van der Waals surface area contributed by atoms with E-state index in [0.29, 0.717) is 52.2 Å². The number of ether oxygens (including phenoxy) is 2. The van der Waals surface area contributed by atoms with Crippen LogP contribution in [0.2, 0.25) is 0 Å². The van der Waals surface area contributed by atoms with Crippen LogP contribution >= 0.6 is 0 Å². The number of pyridine rings is 6. The summed E-state index contributed by atoms with van der Waals surface area (Å²) in [6.45, 7) is 14.6. The van der Waals surface area contributed by atoms with Crippen LogP contribution in [-0.4, -0.2) is 42.3 Å². The number of aromatic nitrogens is 6. The molecule has 0 aliphatic heterocycles. The van der Waals surface area contributed by atoms with E-state index in [-0.39, 0.29) is 29.2 Å². The maximum Gasteiger partial charge on any atom is 0.227 e. The largest absolute Gasteiger partial charge is 0.477 e. The van der Waals surface area contributed by atoms with Gasteiger partial charge >= 0.3 is 0 Å². The highest BCUT2D eigenvalue weighted by molar-refractivity contribution is 5.91. The molecule has 2 N–H and O–H groups in total. The van der Waals surface area contributed by atoms with Crippen LogP contribution < -0.4 is 31.0 Å². The molecule has 0 unspecified atom stereocenters. The molecule has 0 spiro atoms. The van der Waals surface area contributed by atoms with E-state index in [1.54, 1.807) is 24.5 Å². The third kappa shape index (κ3) is 8.36.